The lowest BCUT2D eigenvalue weighted by Crippen LogP contribution is -2.42. The lowest BCUT2D eigenvalue weighted by atomic mass is 9.99. The van der Waals surface area contributed by atoms with E-state index in [1.54, 1.807) is 11.1 Å². The minimum Gasteiger partial charge on any atom is -0.465 e. The largest absolute Gasteiger partial charge is 0.465 e. The molecule has 6 heteroatoms. The quantitative estimate of drug-likeness (QED) is 0.792. The zero-order chi connectivity index (χ0) is 12.7. The fourth-order valence-electron chi connectivity index (χ4n) is 2.83. The molecular formula is C12H12ClN3O2. The molecule has 1 N–H and O–H groups in total. The highest BCUT2D eigenvalue weighted by atomic mass is 35.5. The zero-order valence-electron chi connectivity index (χ0n) is 9.58. The van der Waals surface area contributed by atoms with Crippen LogP contribution in [0.2, 0.25) is 5.28 Å². The fraction of sp³-hybridized carbons (Fsp3) is 0.417. The van der Waals surface area contributed by atoms with Crippen molar-refractivity contribution in [3.05, 3.63) is 29.3 Å². The van der Waals surface area contributed by atoms with Gasteiger partial charge in [0.1, 0.15) is 0 Å². The highest BCUT2D eigenvalue weighted by molar-refractivity contribution is 6.28. The summed E-state index contributed by atoms with van der Waals surface area (Å²) in [5, 5.41) is 9.39. The van der Waals surface area contributed by atoms with Crippen LogP contribution in [0.25, 0.3) is 5.57 Å². The number of halogens is 1. The van der Waals surface area contributed by atoms with E-state index in [2.05, 4.69) is 9.97 Å². The normalized spacial score (nSPS) is 26.1. The average molecular weight is 266 g/mol. The lowest BCUT2D eigenvalue weighted by Gasteiger charge is -2.31. The molecule has 0 radical (unpaired) electrons. The van der Waals surface area contributed by atoms with Crippen LogP contribution >= 0.6 is 11.6 Å². The molecule has 2 aliphatic rings. The molecule has 1 aromatic heterocycles. The number of amides is 1. The van der Waals surface area contributed by atoms with Gasteiger partial charge in [0.25, 0.3) is 0 Å². The number of hydrogen-bond donors (Lipinski definition) is 1. The second-order valence-electron chi connectivity index (χ2n) is 4.60. The van der Waals surface area contributed by atoms with E-state index in [-0.39, 0.29) is 17.4 Å². The van der Waals surface area contributed by atoms with Gasteiger partial charge in [-0.15, -0.1) is 0 Å². The summed E-state index contributed by atoms with van der Waals surface area (Å²) in [7, 11) is 0. The predicted molar refractivity (Wildman–Crippen MR) is 66.3 cm³/mol. The van der Waals surface area contributed by atoms with Gasteiger partial charge >= 0.3 is 6.09 Å². The molecule has 1 amide bonds. The molecule has 2 atom stereocenters. The maximum atomic E-state index is 11.2. The number of fused-ring (bicyclic) bond motifs is 2. The Bertz CT molecular complexity index is 532. The van der Waals surface area contributed by atoms with Gasteiger partial charge < -0.3 is 5.11 Å². The van der Waals surface area contributed by atoms with Gasteiger partial charge in [-0.05, 0) is 42.5 Å². The molecular weight excluding hydrogens is 254 g/mol. The van der Waals surface area contributed by atoms with Crippen molar-refractivity contribution in [2.75, 3.05) is 0 Å². The minimum absolute atomic E-state index is 0.0232. The van der Waals surface area contributed by atoms with Crippen molar-refractivity contribution in [3.63, 3.8) is 0 Å². The van der Waals surface area contributed by atoms with Gasteiger partial charge in [-0.3, -0.25) is 4.90 Å². The minimum atomic E-state index is -0.835. The van der Waals surface area contributed by atoms with Gasteiger partial charge in [0.15, 0.2) is 0 Å². The van der Waals surface area contributed by atoms with Crippen LogP contribution in [0, 0.1) is 0 Å². The summed E-state index contributed by atoms with van der Waals surface area (Å²) in [6.07, 6.45) is 5.29. The summed E-state index contributed by atoms with van der Waals surface area (Å²) < 4.78 is 0. The Labute approximate surface area is 109 Å². The predicted octanol–water partition coefficient (Wildman–Crippen LogP) is 2.43. The number of hydrogen-bond acceptors (Lipinski definition) is 3. The van der Waals surface area contributed by atoms with Gasteiger partial charge in [0.05, 0.1) is 11.7 Å². The van der Waals surface area contributed by atoms with Gasteiger partial charge in [-0.25, -0.2) is 14.8 Å². The monoisotopic (exact) mass is 265 g/mol. The Kier molecular flexibility index (Phi) is 2.70. The van der Waals surface area contributed by atoms with E-state index in [0.717, 1.165) is 24.1 Å². The number of carboxylic acid groups (broad SMARTS) is 1. The van der Waals surface area contributed by atoms with Crippen LogP contribution in [-0.4, -0.2) is 38.2 Å². The van der Waals surface area contributed by atoms with Crippen molar-refractivity contribution in [1.82, 2.24) is 14.9 Å². The Balaban J connectivity index is 1.93. The second-order valence-corrected chi connectivity index (χ2v) is 4.93. The fourth-order valence-corrected chi connectivity index (χ4v) is 2.98. The summed E-state index contributed by atoms with van der Waals surface area (Å²) in [4.78, 5) is 20.7. The Hall–Kier alpha value is -1.62. The first-order chi connectivity index (χ1) is 8.65. The SMILES string of the molecule is O=C(O)N1C2C=C(c3ccnc(Cl)n3)CC1CC2. The van der Waals surface area contributed by atoms with Crippen LogP contribution in [0.15, 0.2) is 18.3 Å². The van der Waals surface area contributed by atoms with Gasteiger partial charge in [-0.1, -0.05) is 6.08 Å². The van der Waals surface area contributed by atoms with E-state index in [1.807, 2.05) is 12.1 Å². The number of nitrogens with zero attached hydrogens (tertiary/aromatic N) is 3. The molecule has 0 spiro atoms. The van der Waals surface area contributed by atoms with Crippen LogP contribution in [0.4, 0.5) is 4.79 Å². The molecule has 2 unspecified atom stereocenters. The Morgan fingerprint density at radius 2 is 2.33 bits per heavy atom. The molecule has 18 heavy (non-hydrogen) atoms. The summed E-state index contributed by atoms with van der Waals surface area (Å²) in [5.41, 5.74) is 1.88. The molecule has 3 heterocycles. The summed E-state index contributed by atoms with van der Waals surface area (Å²) >= 11 is 5.78. The van der Waals surface area contributed by atoms with Crippen molar-refractivity contribution < 1.29 is 9.90 Å². The van der Waals surface area contributed by atoms with Crippen molar-refractivity contribution in [3.8, 4) is 0 Å². The van der Waals surface area contributed by atoms with Crippen LogP contribution < -0.4 is 0 Å². The van der Waals surface area contributed by atoms with Crippen LogP contribution in [0.5, 0.6) is 0 Å². The number of rotatable bonds is 1. The summed E-state index contributed by atoms with van der Waals surface area (Å²) in [6.45, 7) is 0. The highest BCUT2D eigenvalue weighted by Crippen LogP contribution is 2.37. The Morgan fingerprint density at radius 1 is 1.50 bits per heavy atom. The van der Waals surface area contributed by atoms with E-state index >= 15 is 0 Å². The van der Waals surface area contributed by atoms with Crippen LogP contribution in [0.1, 0.15) is 25.0 Å². The van der Waals surface area contributed by atoms with E-state index in [0.29, 0.717) is 6.42 Å². The molecule has 0 saturated carbocycles. The molecule has 5 nitrogen and oxygen atoms in total. The number of aromatic nitrogens is 2. The highest BCUT2D eigenvalue weighted by Gasteiger charge is 2.39. The van der Waals surface area contributed by atoms with Crippen LogP contribution in [0.3, 0.4) is 0 Å². The molecule has 0 aromatic carbocycles. The molecule has 1 aromatic rings. The molecule has 3 rings (SSSR count). The van der Waals surface area contributed by atoms with Crippen molar-refractivity contribution in [1.29, 1.82) is 0 Å². The van der Waals surface area contributed by atoms with Crippen molar-refractivity contribution in [2.45, 2.75) is 31.3 Å². The van der Waals surface area contributed by atoms with E-state index in [1.165, 1.54) is 0 Å². The average Bonchev–Trinajstić information content (AvgIpc) is 2.61. The van der Waals surface area contributed by atoms with Crippen molar-refractivity contribution in [2.24, 2.45) is 0 Å². The molecule has 0 aliphatic carbocycles. The topological polar surface area (TPSA) is 66.3 Å². The van der Waals surface area contributed by atoms with Crippen molar-refractivity contribution >= 4 is 23.3 Å². The lowest BCUT2D eigenvalue weighted by molar-refractivity contribution is 0.128. The van der Waals surface area contributed by atoms with Gasteiger partial charge in [-0.2, -0.15) is 0 Å². The third kappa shape index (κ3) is 1.84. The first kappa shape index (κ1) is 11.5. The maximum Gasteiger partial charge on any atom is 0.408 e. The van der Waals surface area contributed by atoms with E-state index in [9.17, 15) is 4.79 Å². The zero-order valence-corrected chi connectivity index (χ0v) is 10.3. The molecule has 1 fully saturated rings. The van der Waals surface area contributed by atoms with Crippen LogP contribution in [-0.2, 0) is 0 Å². The Morgan fingerprint density at radius 3 is 3.00 bits per heavy atom. The first-order valence-corrected chi connectivity index (χ1v) is 6.24. The standard InChI is InChI=1S/C12H12ClN3O2/c13-11-14-4-3-10(15-11)7-5-8-1-2-9(6-7)16(8)12(17)18/h3-5,8-9H,1-2,6H2,(H,17,18). The summed E-state index contributed by atoms with van der Waals surface area (Å²) in [6, 6.07) is 1.86. The molecule has 2 bridgehead atoms. The maximum absolute atomic E-state index is 11.2. The third-order valence-electron chi connectivity index (χ3n) is 3.57. The van der Waals surface area contributed by atoms with Gasteiger partial charge in [0.2, 0.25) is 5.28 Å². The molecule has 1 saturated heterocycles. The molecule has 94 valence electrons. The number of carbonyl (C=O) groups is 1. The molecule has 2 aliphatic heterocycles. The summed E-state index contributed by atoms with van der Waals surface area (Å²) in [5.74, 6) is 0. The smallest absolute Gasteiger partial charge is 0.408 e. The second kappa shape index (κ2) is 4.24. The van der Waals surface area contributed by atoms with E-state index < -0.39 is 6.09 Å². The first-order valence-electron chi connectivity index (χ1n) is 5.86. The third-order valence-corrected chi connectivity index (χ3v) is 3.75. The van der Waals surface area contributed by atoms with Gasteiger partial charge in [0, 0.05) is 12.2 Å². The van der Waals surface area contributed by atoms with E-state index in [4.69, 9.17) is 16.7 Å².